The maximum atomic E-state index is 13.7. The maximum absolute atomic E-state index is 13.7. The van der Waals surface area contributed by atoms with Crippen LogP contribution >= 0.6 is 23.4 Å². The molecule has 0 aromatic carbocycles. The third kappa shape index (κ3) is 3.42. The molecule has 1 saturated carbocycles. The van der Waals surface area contributed by atoms with E-state index in [9.17, 15) is 9.18 Å². The molecule has 2 aliphatic rings. The number of amidine groups is 1. The Bertz CT molecular complexity index is 1000. The Labute approximate surface area is 176 Å². The van der Waals surface area contributed by atoms with E-state index in [0.29, 0.717) is 33.7 Å². The minimum Gasteiger partial charge on any atom is -0.481 e. The highest BCUT2D eigenvalue weighted by atomic mass is 35.5. The number of fused-ring (bicyclic) bond motifs is 1. The lowest BCUT2D eigenvalue weighted by Gasteiger charge is -2.33. The second-order valence-corrected chi connectivity index (χ2v) is 9.12. The van der Waals surface area contributed by atoms with E-state index in [1.165, 1.54) is 37.3 Å². The Morgan fingerprint density at radius 1 is 1.45 bits per heavy atom. The van der Waals surface area contributed by atoms with E-state index in [1.807, 2.05) is 6.92 Å². The van der Waals surface area contributed by atoms with Gasteiger partial charge in [0.15, 0.2) is 5.17 Å². The number of anilines is 1. The number of amides is 1. The summed E-state index contributed by atoms with van der Waals surface area (Å²) in [7, 11) is 1.50. The van der Waals surface area contributed by atoms with Gasteiger partial charge in [-0.3, -0.25) is 9.79 Å². The Hall–Kier alpha value is -2.39. The predicted octanol–water partition coefficient (Wildman–Crippen LogP) is 3.40. The minimum absolute atomic E-state index is 0.0446. The van der Waals surface area contributed by atoms with Gasteiger partial charge in [-0.1, -0.05) is 23.4 Å². The number of carbonyl (C=O) groups excluding carboxylic acids is 1. The number of hydrogen-bond donors (Lipinski definition) is 2. The molecule has 1 aliphatic heterocycles. The maximum Gasteiger partial charge on any atom is 0.274 e. The lowest BCUT2D eigenvalue weighted by Crippen LogP contribution is -2.36. The number of hydrogen-bond acceptors (Lipinski definition) is 7. The number of rotatable bonds is 5. The van der Waals surface area contributed by atoms with Crippen LogP contribution < -0.4 is 15.8 Å². The number of methoxy groups -OCH3 is 1. The van der Waals surface area contributed by atoms with E-state index in [0.717, 1.165) is 0 Å². The Kier molecular flexibility index (Phi) is 4.90. The number of nitrogens with zero attached hydrogens (tertiary/aromatic N) is 3. The van der Waals surface area contributed by atoms with Gasteiger partial charge >= 0.3 is 0 Å². The SMILES string of the molecule is COc1ncc(NC(=O)c2ccc(Cl)cn2)cc1[C@]1(C)N=C(N)S[C@@]2(CF)C[C@H]21. The van der Waals surface area contributed by atoms with Crippen molar-refractivity contribution in [3.8, 4) is 5.88 Å². The number of aliphatic imine (C=N–C) groups is 1. The summed E-state index contributed by atoms with van der Waals surface area (Å²) < 4.78 is 18.6. The first-order valence-electron chi connectivity index (χ1n) is 8.89. The molecule has 0 saturated heterocycles. The Morgan fingerprint density at radius 2 is 2.24 bits per heavy atom. The van der Waals surface area contributed by atoms with Crippen LogP contribution in [0.5, 0.6) is 5.88 Å². The van der Waals surface area contributed by atoms with Crippen molar-refractivity contribution in [3.05, 3.63) is 46.9 Å². The minimum atomic E-state index is -0.807. The molecule has 7 nitrogen and oxygen atoms in total. The summed E-state index contributed by atoms with van der Waals surface area (Å²) in [6.45, 7) is 1.41. The van der Waals surface area contributed by atoms with E-state index in [2.05, 4.69) is 20.3 Å². The molecule has 4 rings (SSSR count). The first kappa shape index (κ1) is 19.9. The second kappa shape index (κ2) is 7.14. The van der Waals surface area contributed by atoms with Gasteiger partial charge in [-0.15, -0.1) is 0 Å². The number of carbonyl (C=O) groups is 1. The average Bonchev–Trinajstić information content (AvgIpc) is 3.44. The van der Waals surface area contributed by atoms with Crippen molar-refractivity contribution in [1.82, 2.24) is 9.97 Å². The molecule has 1 fully saturated rings. The molecule has 152 valence electrons. The average molecular weight is 436 g/mol. The zero-order chi connectivity index (χ0) is 20.8. The number of thioether (sulfide) groups is 1. The Balaban J connectivity index is 1.68. The van der Waals surface area contributed by atoms with Crippen molar-refractivity contribution in [2.24, 2.45) is 16.6 Å². The molecule has 1 amide bonds. The van der Waals surface area contributed by atoms with Crippen LogP contribution in [0.2, 0.25) is 5.02 Å². The molecule has 1 aliphatic carbocycles. The summed E-state index contributed by atoms with van der Waals surface area (Å²) in [5.74, 6) is -0.0911. The summed E-state index contributed by atoms with van der Waals surface area (Å²) in [6.07, 6.45) is 3.54. The van der Waals surface area contributed by atoms with Gasteiger partial charge in [0.25, 0.3) is 5.91 Å². The van der Waals surface area contributed by atoms with Gasteiger partial charge in [0, 0.05) is 17.7 Å². The highest BCUT2D eigenvalue weighted by Crippen LogP contribution is 2.66. The number of alkyl halides is 1. The highest BCUT2D eigenvalue weighted by Gasteiger charge is 2.67. The molecule has 29 heavy (non-hydrogen) atoms. The highest BCUT2D eigenvalue weighted by molar-refractivity contribution is 8.15. The zero-order valence-corrected chi connectivity index (χ0v) is 17.4. The molecule has 0 bridgehead atoms. The molecule has 10 heteroatoms. The quantitative estimate of drug-likeness (QED) is 0.746. The predicted molar refractivity (Wildman–Crippen MR) is 111 cm³/mol. The zero-order valence-electron chi connectivity index (χ0n) is 15.8. The first-order chi connectivity index (χ1) is 13.8. The number of nitrogens with two attached hydrogens (primary N) is 1. The largest absolute Gasteiger partial charge is 0.481 e. The van der Waals surface area contributed by atoms with E-state index in [-0.39, 0.29) is 11.6 Å². The van der Waals surface area contributed by atoms with E-state index in [1.54, 1.807) is 12.1 Å². The van der Waals surface area contributed by atoms with Gasteiger partial charge in [-0.25, -0.2) is 14.4 Å². The van der Waals surface area contributed by atoms with Crippen molar-refractivity contribution < 1.29 is 13.9 Å². The van der Waals surface area contributed by atoms with Crippen LogP contribution in [0.25, 0.3) is 0 Å². The van der Waals surface area contributed by atoms with Crippen LogP contribution in [0.4, 0.5) is 10.1 Å². The van der Waals surface area contributed by atoms with Crippen LogP contribution in [-0.2, 0) is 5.54 Å². The second-order valence-electron chi connectivity index (χ2n) is 7.25. The normalized spacial score (nSPS) is 27.6. The topological polar surface area (TPSA) is 102 Å². The Morgan fingerprint density at radius 3 is 2.90 bits per heavy atom. The number of pyridine rings is 2. The van der Waals surface area contributed by atoms with E-state index >= 15 is 0 Å². The van der Waals surface area contributed by atoms with Gasteiger partial charge in [0.2, 0.25) is 5.88 Å². The van der Waals surface area contributed by atoms with Crippen molar-refractivity contribution in [1.29, 1.82) is 0 Å². The summed E-state index contributed by atoms with van der Waals surface area (Å²) in [6, 6.07) is 4.86. The molecule has 2 aromatic rings. The smallest absolute Gasteiger partial charge is 0.274 e. The number of halogens is 2. The molecular weight excluding hydrogens is 417 g/mol. The fourth-order valence-corrected chi connectivity index (χ4v) is 5.26. The van der Waals surface area contributed by atoms with Crippen LogP contribution in [0.1, 0.15) is 29.4 Å². The first-order valence-corrected chi connectivity index (χ1v) is 10.1. The van der Waals surface area contributed by atoms with Crippen LogP contribution in [0.15, 0.2) is 35.6 Å². The van der Waals surface area contributed by atoms with Crippen molar-refractivity contribution >= 4 is 40.1 Å². The molecule has 0 radical (unpaired) electrons. The van der Waals surface area contributed by atoms with Crippen molar-refractivity contribution in [2.75, 3.05) is 19.1 Å². The lowest BCUT2D eigenvalue weighted by molar-refractivity contribution is 0.102. The van der Waals surface area contributed by atoms with E-state index in [4.69, 9.17) is 22.1 Å². The number of ether oxygens (including phenoxy) is 1. The van der Waals surface area contributed by atoms with Crippen molar-refractivity contribution in [3.63, 3.8) is 0 Å². The van der Waals surface area contributed by atoms with Gasteiger partial charge in [-0.05, 0) is 31.5 Å². The standard InChI is InChI=1S/C19H19ClFN5O2S/c1-18(14-6-19(14,9-21)29-17(22)26-18)12-5-11(8-24-16(12)28-2)25-15(27)13-4-3-10(20)7-23-13/h3-5,7-8,14H,6,9H2,1-2H3,(H2,22,26)(H,25,27)/t14-,18-,19+/m0/s1. The van der Waals surface area contributed by atoms with Crippen LogP contribution in [-0.4, -0.2) is 39.6 Å². The molecule has 0 unspecified atom stereocenters. The summed E-state index contributed by atoms with van der Waals surface area (Å²) in [4.78, 5) is 25.4. The fraction of sp³-hybridized carbons (Fsp3) is 0.368. The number of nitrogens with one attached hydrogen (secondary N) is 1. The lowest BCUT2D eigenvalue weighted by atomic mass is 9.86. The van der Waals surface area contributed by atoms with Crippen LogP contribution in [0.3, 0.4) is 0 Å². The molecule has 3 heterocycles. The summed E-state index contributed by atoms with van der Waals surface area (Å²) >= 11 is 7.10. The van der Waals surface area contributed by atoms with Crippen LogP contribution in [0, 0.1) is 5.92 Å². The van der Waals surface area contributed by atoms with Gasteiger partial charge in [-0.2, -0.15) is 0 Å². The summed E-state index contributed by atoms with van der Waals surface area (Å²) in [5.41, 5.74) is 6.52. The molecule has 3 atom stereocenters. The summed E-state index contributed by atoms with van der Waals surface area (Å²) in [5, 5.41) is 3.54. The van der Waals surface area contributed by atoms with Gasteiger partial charge in [0.1, 0.15) is 12.4 Å². The van der Waals surface area contributed by atoms with Gasteiger partial charge < -0.3 is 15.8 Å². The van der Waals surface area contributed by atoms with E-state index < -0.39 is 22.9 Å². The molecule has 0 spiro atoms. The molecule has 3 N–H and O–H groups in total. The third-order valence-electron chi connectivity index (χ3n) is 5.39. The molecule has 2 aromatic heterocycles. The monoisotopic (exact) mass is 435 g/mol. The fourth-order valence-electron chi connectivity index (χ4n) is 3.82. The van der Waals surface area contributed by atoms with Gasteiger partial charge in [0.05, 0.1) is 34.3 Å². The number of aromatic nitrogens is 2. The third-order valence-corrected chi connectivity index (χ3v) is 6.88. The molecular formula is C19H19ClFN5O2S. The van der Waals surface area contributed by atoms with Crippen molar-refractivity contribution in [2.45, 2.75) is 23.6 Å².